The molecule has 0 saturated carbocycles. The normalized spacial score (nSPS) is 11.6. The minimum atomic E-state index is 0.527. The van der Waals surface area contributed by atoms with Gasteiger partial charge in [0.2, 0.25) is 11.7 Å². The summed E-state index contributed by atoms with van der Waals surface area (Å²) in [7, 11) is 0. The highest BCUT2D eigenvalue weighted by atomic mass is 15.3. The van der Waals surface area contributed by atoms with Crippen molar-refractivity contribution in [2.24, 2.45) is 0 Å². The zero-order valence-electron chi connectivity index (χ0n) is 22.1. The van der Waals surface area contributed by atoms with Crippen molar-refractivity contribution in [1.82, 2.24) is 28.5 Å². The third-order valence-corrected chi connectivity index (χ3v) is 7.64. The fourth-order valence-corrected chi connectivity index (χ4v) is 5.90. The molecule has 41 heavy (non-hydrogen) atoms. The molecule has 4 heterocycles. The van der Waals surface area contributed by atoms with E-state index in [1.807, 2.05) is 71.3 Å². The lowest BCUT2D eigenvalue weighted by Crippen LogP contribution is -2.06. The standard InChI is InChI=1S/C35H24N6/c1-3-28-29(4-2)41(34-36-27-21-13-11-19-25(27)31(37-34)23-15-7-5-8-16-23)35-38-33-32(40(28)35)26-20-12-14-22-30(26)39(33)24-17-9-6-10-18-24/h3-22H,1-2H2. The van der Waals surface area contributed by atoms with Crippen LogP contribution in [0.3, 0.4) is 0 Å². The minimum Gasteiger partial charge on any atom is -0.292 e. The van der Waals surface area contributed by atoms with Gasteiger partial charge in [-0.05, 0) is 36.4 Å². The number of hydrogen-bond acceptors (Lipinski definition) is 3. The van der Waals surface area contributed by atoms with Gasteiger partial charge in [-0.25, -0.2) is 14.5 Å². The van der Waals surface area contributed by atoms with Crippen molar-refractivity contribution in [1.29, 1.82) is 0 Å². The number of benzene rings is 4. The summed E-state index contributed by atoms with van der Waals surface area (Å²) in [6, 6.07) is 37.0. The van der Waals surface area contributed by atoms with Crippen molar-refractivity contribution >= 4 is 50.9 Å². The molecule has 4 aromatic heterocycles. The highest BCUT2D eigenvalue weighted by molar-refractivity contribution is 6.08. The van der Waals surface area contributed by atoms with Gasteiger partial charge in [0.25, 0.3) is 0 Å². The van der Waals surface area contributed by atoms with Crippen LogP contribution < -0.4 is 0 Å². The number of rotatable bonds is 5. The molecule has 4 aromatic carbocycles. The largest absolute Gasteiger partial charge is 0.292 e. The van der Waals surface area contributed by atoms with Crippen molar-refractivity contribution in [2.75, 3.05) is 0 Å². The van der Waals surface area contributed by atoms with Gasteiger partial charge in [-0.15, -0.1) is 0 Å². The topological polar surface area (TPSA) is 52.9 Å². The van der Waals surface area contributed by atoms with Gasteiger partial charge in [0.1, 0.15) is 5.52 Å². The van der Waals surface area contributed by atoms with E-state index in [9.17, 15) is 0 Å². The van der Waals surface area contributed by atoms with Crippen molar-refractivity contribution in [2.45, 2.75) is 0 Å². The van der Waals surface area contributed by atoms with E-state index in [4.69, 9.17) is 15.0 Å². The van der Waals surface area contributed by atoms with Crippen LogP contribution in [-0.2, 0) is 0 Å². The van der Waals surface area contributed by atoms with Gasteiger partial charge < -0.3 is 0 Å². The van der Waals surface area contributed by atoms with Crippen molar-refractivity contribution in [3.8, 4) is 22.9 Å². The zero-order valence-corrected chi connectivity index (χ0v) is 22.1. The second-order valence-corrected chi connectivity index (χ2v) is 9.88. The lowest BCUT2D eigenvalue weighted by Gasteiger charge is -2.11. The van der Waals surface area contributed by atoms with Crippen LogP contribution in [0.5, 0.6) is 0 Å². The van der Waals surface area contributed by atoms with E-state index < -0.39 is 0 Å². The molecule has 0 bridgehead atoms. The number of fused-ring (bicyclic) bond motifs is 6. The molecule has 6 heteroatoms. The molecule has 0 amide bonds. The Labute approximate surface area is 235 Å². The first kappa shape index (κ1) is 23.2. The predicted molar refractivity (Wildman–Crippen MR) is 168 cm³/mol. The number of imidazole rings is 2. The van der Waals surface area contributed by atoms with Crippen LogP contribution in [0.25, 0.3) is 73.8 Å². The molecule has 0 N–H and O–H groups in total. The highest BCUT2D eigenvalue weighted by Gasteiger charge is 2.26. The first-order chi connectivity index (χ1) is 20.3. The van der Waals surface area contributed by atoms with Crippen LogP contribution >= 0.6 is 0 Å². The molecular formula is C35H24N6. The molecule has 6 nitrogen and oxygen atoms in total. The second kappa shape index (κ2) is 8.89. The molecule has 0 aliphatic heterocycles. The number of hydrogen-bond donors (Lipinski definition) is 0. The fourth-order valence-electron chi connectivity index (χ4n) is 5.90. The predicted octanol–water partition coefficient (Wildman–Crippen LogP) is 8.12. The first-order valence-electron chi connectivity index (χ1n) is 13.5. The maximum Gasteiger partial charge on any atom is 0.238 e. The lowest BCUT2D eigenvalue weighted by molar-refractivity contribution is 0.952. The molecule has 8 rings (SSSR count). The quantitative estimate of drug-likeness (QED) is 0.227. The lowest BCUT2D eigenvalue weighted by atomic mass is 10.1. The average molecular weight is 529 g/mol. The molecular weight excluding hydrogens is 504 g/mol. The third-order valence-electron chi connectivity index (χ3n) is 7.64. The Kier molecular flexibility index (Phi) is 5.02. The van der Waals surface area contributed by atoms with Gasteiger partial charge in [-0.1, -0.05) is 98.1 Å². The summed E-state index contributed by atoms with van der Waals surface area (Å²) in [5, 5.41) is 2.09. The Morgan fingerprint density at radius 1 is 0.585 bits per heavy atom. The van der Waals surface area contributed by atoms with Gasteiger partial charge in [0.05, 0.1) is 28.1 Å². The monoisotopic (exact) mass is 528 g/mol. The van der Waals surface area contributed by atoms with E-state index in [0.717, 1.165) is 61.3 Å². The Hall–Kier alpha value is -5.75. The molecule has 0 aliphatic rings. The van der Waals surface area contributed by atoms with Gasteiger partial charge in [-0.3, -0.25) is 8.97 Å². The molecule has 0 spiro atoms. The van der Waals surface area contributed by atoms with Crippen LogP contribution in [0.15, 0.2) is 122 Å². The fraction of sp³-hybridized carbons (Fsp3) is 0. The summed E-state index contributed by atoms with van der Waals surface area (Å²) in [6.07, 6.45) is 3.68. The van der Waals surface area contributed by atoms with E-state index in [-0.39, 0.29) is 0 Å². The van der Waals surface area contributed by atoms with E-state index in [1.54, 1.807) is 0 Å². The minimum absolute atomic E-state index is 0.527. The van der Waals surface area contributed by atoms with Crippen molar-refractivity contribution in [3.05, 3.63) is 134 Å². The van der Waals surface area contributed by atoms with Crippen LogP contribution in [0, 0.1) is 0 Å². The summed E-state index contributed by atoms with van der Waals surface area (Å²) in [6.45, 7) is 8.35. The molecule has 0 radical (unpaired) electrons. The van der Waals surface area contributed by atoms with Gasteiger partial charge in [-0.2, -0.15) is 4.98 Å². The number of para-hydroxylation sites is 3. The summed E-state index contributed by atoms with van der Waals surface area (Å²) < 4.78 is 6.36. The third kappa shape index (κ3) is 3.28. The number of nitrogens with zero attached hydrogens (tertiary/aromatic N) is 6. The molecule has 0 unspecified atom stereocenters. The second-order valence-electron chi connectivity index (χ2n) is 9.88. The summed E-state index contributed by atoms with van der Waals surface area (Å²) in [4.78, 5) is 15.5. The molecule has 0 saturated heterocycles. The van der Waals surface area contributed by atoms with Gasteiger partial charge in [0.15, 0.2) is 5.65 Å². The van der Waals surface area contributed by atoms with E-state index in [2.05, 4.69) is 76.7 Å². The highest BCUT2D eigenvalue weighted by Crippen LogP contribution is 2.36. The summed E-state index contributed by atoms with van der Waals surface area (Å²) in [5.74, 6) is 1.23. The molecule has 8 aromatic rings. The van der Waals surface area contributed by atoms with E-state index >= 15 is 0 Å². The molecule has 0 atom stereocenters. The molecule has 194 valence electrons. The molecule has 0 aliphatic carbocycles. The SMILES string of the molecule is C=Cc1c(C=C)n2c3c4ccccc4n(-c4ccccc4)c3nc2n1-c1nc(-c2ccccc2)c2ccccc2n1. The number of aromatic nitrogens is 6. The van der Waals surface area contributed by atoms with Crippen LogP contribution in [0.1, 0.15) is 11.4 Å². The average Bonchev–Trinajstić information content (AvgIpc) is 3.66. The van der Waals surface area contributed by atoms with Gasteiger partial charge >= 0.3 is 0 Å². The zero-order chi connectivity index (χ0) is 27.5. The molecule has 0 fully saturated rings. The Balaban J connectivity index is 1.53. The Morgan fingerprint density at radius 3 is 2.00 bits per heavy atom. The van der Waals surface area contributed by atoms with Crippen LogP contribution in [-0.4, -0.2) is 28.5 Å². The van der Waals surface area contributed by atoms with Crippen molar-refractivity contribution in [3.63, 3.8) is 0 Å². The van der Waals surface area contributed by atoms with E-state index in [1.165, 1.54) is 0 Å². The summed E-state index contributed by atoms with van der Waals surface area (Å²) >= 11 is 0. The first-order valence-corrected chi connectivity index (χ1v) is 13.5. The Morgan fingerprint density at radius 2 is 1.24 bits per heavy atom. The van der Waals surface area contributed by atoms with Crippen LogP contribution in [0.4, 0.5) is 0 Å². The van der Waals surface area contributed by atoms with E-state index in [0.29, 0.717) is 11.7 Å². The smallest absolute Gasteiger partial charge is 0.238 e. The maximum atomic E-state index is 5.28. The summed E-state index contributed by atoms with van der Waals surface area (Å²) in [5.41, 5.74) is 8.43. The van der Waals surface area contributed by atoms with Gasteiger partial charge in [0, 0.05) is 22.0 Å². The Bertz CT molecular complexity index is 2280. The van der Waals surface area contributed by atoms with Crippen LogP contribution in [0.2, 0.25) is 0 Å². The maximum absolute atomic E-state index is 5.28. The van der Waals surface area contributed by atoms with Crippen molar-refractivity contribution < 1.29 is 0 Å².